The Hall–Kier alpha value is -1.11. The van der Waals surface area contributed by atoms with Gasteiger partial charge in [0, 0.05) is 0 Å². The van der Waals surface area contributed by atoms with E-state index in [0.717, 1.165) is 12.0 Å². The van der Waals surface area contributed by atoms with Crippen LogP contribution in [0.2, 0.25) is 0 Å². The average molecular weight is 363 g/mol. The largest absolute Gasteiger partial charge is 0.193 e. The van der Waals surface area contributed by atoms with Crippen LogP contribution in [0, 0.1) is 11.3 Å². The molecule has 0 saturated carbocycles. The molecule has 0 saturated heterocycles. The lowest BCUT2D eigenvalue weighted by molar-refractivity contribution is 1.10. The first-order chi connectivity index (χ1) is 8.64. The highest BCUT2D eigenvalue weighted by molar-refractivity contribution is 9.25. The second-order valence-corrected chi connectivity index (χ2v) is 7.77. The maximum atomic E-state index is 9.18. The average Bonchev–Trinajstić information content (AvgIpc) is 2.38. The maximum absolute atomic E-state index is 9.18. The summed E-state index contributed by atoms with van der Waals surface area (Å²) in [7, 11) is 0. The molecule has 0 heterocycles. The number of rotatable bonds is 0. The Labute approximate surface area is 123 Å². The van der Waals surface area contributed by atoms with E-state index in [9.17, 15) is 5.26 Å². The van der Waals surface area contributed by atoms with Gasteiger partial charge in [-0.05, 0) is 34.8 Å². The molecular weight excluding hydrogens is 354 g/mol. The Bertz CT molecular complexity index is 657. The van der Waals surface area contributed by atoms with Crippen molar-refractivity contribution in [2.75, 3.05) is 0 Å². The number of fused-ring (bicyclic) bond motifs is 3. The Morgan fingerprint density at radius 1 is 1.17 bits per heavy atom. The van der Waals surface area contributed by atoms with Gasteiger partial charge in [-0.2, -0.15) is 5.26 Å². The van der Waals surface area contributed by atoms with Crippen LogP contribution in [-0.4, -0.2) is 3.23 Å². The van der Waals surface area contributed by atoms with E-state index < -0.39 is 3.23 Å². The minimum absolute atomic E-state index is 0.549. The van der Waals surface area contributed by atoms with Crippen molar-refractivity contribution in [2.45, 2.75) is 9.65 Å². The second kappa shape index (κ2) is 4.22. The topological polar surface area (TPSA) is 23.8 Å². The normalized spacial score (nSPS) is 19.7. The zero-order valence-corrected chi connectivity index (χ0v) is 12.6. The van der Waals surface area contributed by atoms with Crippen LogP contribution in [0.25, 0.3) is 5.57 Å². The quantitative estimate of drug-likeness (QED) is 0.623. The second-order valence-electron chi connectivity index (χ2n) is 4.33. The number of alkyl halides is 2. The number of nitriles is 1. The van der Waals surface area contributed by atoms with Crippen LogP contribution >= 0.6 is 31.9 Å². The first-order valence-corrected chi connectivity index (χ1v) is 7.23. The number of hydrogen-bond donors (Lipinski definition) is 0. The fourth-order valence-corrected chi connectivity index (χ4v) is 3.62. The standard InChI is InChI=1S/C15H9Br2N/c16-15(17)11(9-18)6-7-13-12-4-2-1-3-10(12)5-8-14(13)15/h1-4,6-8H,5H2. The predicted octanol–water partition coefficient (Wildman–Crippen LogP) is 4.50. The van der Waals surface area contributed by atoms with E-state index in [2.05, 4.69) is 68.3 Å². The van der Waals surface area contributed by atoms with Crippen molar-refractivity contribution in [2.24, 2.45) is 0 Å². The molecule has 0 spiro atoms. The molecule has 0 N–H and O–H groups in total. The molecule has 3 heteroatoms. The molecule has 18 heavy (non-hydrogen) atoms. The van der Waals surface area contributed by atoms with Crippen molar-refractivity contribution in [1.29, 1.82) is 5.26 Å². The molecule has 0 fully saturated rings. The Kier molecular flexibility index (Phi) is 2.80. The summed E-state index contributed by atoms with van der Waals surface area (Å²) in [6.07, 6.45) is 6.99. The molecule has 0 amide bonds. The van der Waals surface area contributed by atoms with Crippen molar-refractivity contribution >= 4 is 37.4 Å². The third-order valence-electron chi connectivity index (χ3n) is 3.34. The van der Waals surface area contributed by atoms with E-state index in [1.54, 1.807) is 0 Å². The van der Waals surface area contributed by atoms with Gasteiger partial charge >= 0.3 is 0 Å². The summed E-state index contributed by atoms with van der Waals surface area (Å²) in [6, 6.07) is 10.6. The summed E-state index contributed by atoms with van der Waals surface area (Å²) >= 11 is 7.26. The minimum atomic E-state index is -0.549. The molecule has 3 rings (SSSR count). The smallest absolute Gasteiger partial charge is 0.140 e. The van der Waals surface area contributed by atoms with Gasteiger partial charge in [-0.1, -0.05) is 68.3 Å². The van der Waals surface area contributed by atoms with Crippen LogP contribution in [0.3, 0.4) is 0 Å². The summed E-state index contributed by atoms with van der Waals surface area (Å²) in [5.74, 6) is 0. The van der Waals surface area contributed by atoms with Crippen molar-refractivity contribution in [1.82, 2.24) is 0 Å². The van der Waals surface area contributed by atoms with Gasteiger partial charge < -0.3 is 0 Å². The van der Waals surface area contributed by atoms with Crippen molar-refractivity contribution < 1.29 is 0 Å². The van der Waals surface area contributed by atoms with Crippen molar-refractivity contribution in [3.05, 3.63) is 64.8 Å². The van der Waals surface area contributed by atoms with Crippen molar-refractivity contribution in [3.8, 4) is 6.07 Å². The number of nitrogens with zero attached hydrogens (tertiary/aromatic N) is 1. The van der Waals surface area contributed by atoms with Gasteiger partial charge in [0.2, 0.25) is 0 Å². The van der Waals surface area contributed by atoms with Gasteiger partial charge in [-0.15, -0.1) is 0 Å². The van der Waals surface area contributed by atoms with E-state index in [1.807, 2.05) is 12.2 Å². The third-order valence-corrected chi connectivity index (χ3v) is 5.05. The fraction of sp³-hybridized carbons (Fsp3) is 0.133. The molecular formula is C15H9Br2N. The number of halogens is 2. The molecule has 2 aliphatic rings. The Morgan fingerprint density at radius 3 is 2.72 bits per heavy atom. The number of hydrogen-bond acceptors (Lipinski definition) is 1. The molecule has 0 aliphatic heterocycles. The Balaban J connectivity index is 2.23. The lowest BCUT2D eigenvalue weighted by atomic mass is 9.81. The van der Waals surface area contributed by atoms with Crippen LogP contribution in [0.5, 0.6) is 0 Å². The molecule has 0 bridgehead atoms. The predicted molar refractivity (Wildman–Crippen MR) is 80.5 cm³/mol. The zero-order chi connectivity index (χ0) is 12.8. The van der Waals surface area contributed by atoms with Gasteiger partial charge in [-0.25, -0.2) is 0 Å². The molecule has 88 valence electrons. The zero-order valence-electron chi connectivity index (χ0n) is 9.45. The van der Waals surface area contributed by atoms with Gasteiger partial charge in [0.05, 0.1) is 11.6 Å². The molecule has 1 aromatic carbocycles. The molecule has 0 atom stereocenters. The summed E-state index contributed by atoms with van der Waals surface area (Å²) in [5.41, 5.74) is 5.57. The molecule has 1 nitrogen and oxygen atoms in total. The molecule has 0 unspecified atom stereocenters. The molecule has 0 radical (unpaired) electrons. The minimum Gasteiger partial charge on any atom is -0.193 e. The fourth-order valence-electron chi connectivity index (χ4n) is 2.43. The summed E-state index contributed by atoms with van der Waals surface area (Å²) < 4.78 is -0.549. The van der Waals surface area contributed by atoms with Crippen LogP contribution in [-0.2, 0) is 6.42 Å². The van der Waals surface area contributed by atoms with E-state index in [0.29, 0.717) is 5.57 Å². The van der Waals surface area contributed by atoms with Gasteiger partial charge in [0.15, 0.2) is 0 Å². The highest BCUT2D eigenvalue weighted by atomic mass is 79.9. The first kappa shape index (κ1) is 12.0. The summed E-state index contributed by atoms with van der Waals surface area (Å²) in [5, 5.41) is 9.18. The van der Waals surface area contributed by atoms with Crippen LogP contribution in [0.15, 0.2) is 53.6 Å². The van der Waals surface area contributed by atoms with Gasteiger partial charge in [0.1, 0.15) is 3.23 Å². The van der Waals surface area contributed by atoms with Gasteiger partial charge in [-0.3, -0.25) is 0 Å². The molecule has 1 aromatic rings. The number of allylic oxidation sites excluding steroid dienone is 6. The van der Waals surface area contributed by atoms with E-state index in [4.69, 9.17) is 0 Å². The lowest BCUT2D eigenvalue weighted by Crippen LogP contribution is -2.23. The summed E-state index contributed by atoms with van der Waals surface area (Å²) in [4.78, 5) is 0. The first-order valence-electron chi connectivity index (χ1n) is 5.64. The SMILES string of the molecule is N#CC1=CC=C2C(=CCc3ccccc32)C1(Br)Br. The molecule has 2 aliphatic carbocycles. The lowest BCUT2D eigenvalue weighted by Gasteiger charge is -2.32. The van der Waals surface area contributed by atoms with Crippen LogP contribution in [0.4, 0.5) is 0 Å². The van der Waals surface area contributed by atoms with Crippen molar-refractivity contribution in [3.63, 3.8) is 0 Å². The maximum Gasteiger partial charge on any atom is 0.140 e. The van der Waals surface area contributed by atoms with E-state index in [-0.39, 0.29) is 0 Å². The van der Waals surface area contributed by atoms with Gasteiger partial charge in [0.25, 0.3) is 0 Å². The number of benzene rings is 1. The summed E-state index contributed by atoms with van der Waals surface area (Å²) in [6.45, 7) is 0. The highest BCUT2D eigenvalue weighted by Crippen LogP contribution is 2.51. The Morgan fingerprint density at radius 2 is 1.94 bits per heavy atom. The van der Waals surface area contributed by atoms with Crippen LogP contribution < -0.4 is 0 Å². The van der Waals surface area contributed by atoms with Crippen LogP contribution in [0.1, 0.15) is 11.1 Å². The molecule has 0 aromatic heterocycles. The highest BCUT2D eigenvalue weighted by Gasteiger charge is 2.38. The van der Waals surface area contributed by atoms with E-state index >= 15 is 0 Å². The third kappa shape index (κ3) is 1.64. The monoisotopic (exact) mass is 361 g/mol. The van der Waals surface area contributed by atoms with E-state index in [1.165, 1.54) is 16.7 Å².